The van der Waals surface area contributed by atoms with Crippen molar-refractivity contribution in [3.8, 4) is 0 Å². The second-order valence-corrected chi connectivity index (χ2v) is 4.97. The van der Waals surface area contributed by atoms with Crippen LogP contribution in [-0.2, 0) is 9.59 Å². The number of nitrogens with zero attached hydrogens (tertiary/aromatic N) is 1. The topological polar surface area (TPSA) is 61.4 Å². The van der Waals surface area contributed by atoms with Gasteiger partial charge in [0, 0.05) is 32.1 Å². The van der Waals surface area contributed by atoms with Crippen molar-refractivity contribution in [2.45, 2.75) is 26.3 Å². The molecule has 0 aromatic rings. The zero-order chi connectivity index (χ0) is 12.4. The first kappa shape index (κ1) is 12.4. The lowest BCUT2D eigenvalue weighted by molar-refractivity contribution is -0.142. The molecule has 0 aromatic heterocycles. The molecule has 1 saturated carbocycles. The van der Waals surface area contributed by atoms with Crippen LogP contribution in [0.15, 0.2) is 0 Å². The number of likely N-dealkylation sites (N-methyl/N-ethyl adjacent to an activating group) is 1. The van der Waals surface area contributed by atoms with Gasteiger partial charge >= 0.3 is 0 Å². The normalized spacial score (nSPS) is 32.1. The van der Waals surface area contributed by atoms with Crippen molar-refractivity contribution in [3.63, 3.8) is 0 Å². The average Bonchev–Trinajstić information content (AvgIpc) is 3.06. The molecule has 3 atom stereocenters. The molecule has 5 heteroatoms. The summed E-state index contributed by atoms with van der Waals surface area (Å²) < 4.78 is 0. The molecule has 0 spiro atoms. The molecule has 1 saturated heterocycles. The fourth-order valence-corrected chi connectivity index (χ4v) is 2.37. The summed E-state index contributed by atoms with van der Waals surface area (Å²) in [5, 5.41) is 5.97. The van der Waals surface area contributed by atoms with Gasteiger partial charge in [0.25, 0.3) is 0 Å². The van der Waals surface area contributed by atoms with E-state index in [-0.39, 0.29) is 23.8 Å². The maximum absolute atomic E-state index is 12.2. The first-order chi connectivity index (χ1) is 8.15. The van der Waals surface area contributed by atoms with E-state index in [0.29, 0.717) is 25.6 Å². The van der Waals surface area contributed by atoms with E-state index in [2.05, 4.69) is 17.6 Å². The summed E-state index contributed by atoms with van der Waals surface area (Å²) >= 11 is 0. The molecule has 2 N–H and O–H groups in total. The summed E-state index contributed by atoms with van der Waals surface area (Å²) in [4.78, 5) is 25.9. The number of hydrogen-bond acceptors (Lipinski definition) is 3. The number of carbonyl (C=O) groups excluding carboxylic acids is 2. The number of amides is 2. The molecule has 0 radical (unpaired) electrons. The van der Waals surface area contributed by atoms with E-state index in [9.17, 15) is 9.59 Å². The summed E-state index contributed by atoms with van der Waals surface area (Å²) in [5.74, 6) is 0.772. The predicted molar refractivity (Wildman–Crippen MR) is 64.3 cm³/mol. The van der Waals surface area contributed by atoms with E-state index < -0.39 is 0 Å². The molecule has 1 aliphatic heterocycles. The van der Waals surface area contributed by atoms with Crippen molar-refractivity contribution in [2.75, 3.05) is 26.2 Å². The van der Waals surface area contributed by atoms with Gasteiger partial charge in [-0.15, -0.1) is 0 Å². The lowest BCUT2D eigenvalue weighted by Gasteiger charge is -2.35. The minimum Gasteiger partial charge on any atom is -0.355 e. The van der Waals surface area contributed by atoms with Crippen molar-refractivity contribution in [2.24, 2.45) is 11.8 Å². The second kappa shape index (κ2) is 5.04. The van der Waals surface area contributed by atoms with Crippen LogP contribution in [0, 0.1) is 11.8 Å². The van der Waals surface area contributed by atoms with E-state index >= 15 is 0 Å². The molecule has 3 unspecified atom stereocenters. The van der Waals surface area contributed by atoms with Gasteiger partial charge in [0.15, 0.2) is 0 Å². The number of hydrogen-bond donors (Lipinski definition) is 2. The molecule has 5 nitrogen and oxygen atoms in total. The summed E-state index contributed by atoms with van der Waals surface area (Å²) in [5.41, 5.74) is 0. The predicted octanol–water partition coefficient (Wildman–Crippen LogP) is -0.421. The van der Waals surface area contributed by atoms with Crippen molar-refractivity contribution in [1.82, 2.24) is 15.5 Å². The van der Waals surface area contributed by atoms with Crippen LogP contribution in [0.5, 0.6) is 0 Å². The van der Waals surface area contributed by atoms with Gasteiger partial charge in [-0.05, 0) is 19.3 Å². The zero-order valence-electron chi connectivity index (χ0n) is 10.5. The third-order valence-corrected chi connectivity index (χ3v) is 3.61. The van der Waals surface area contributed by atoms with Gasteiger partial charge in [0.2, 0.25) is 11.8 Å². The molecule has 1 aliphatic carbocycles. The lowest BCUT2D eigenvalue weighted by atomic mass is 10.1. The van der Waals surface area contributed by atoms with Gasteiger partial charge in [-0.3, -0.25) is 9.59 Å². The van der Waals surface area contributed by atoms with E-state index in [0.717, 1.165) is 13.0 Å². The minimum absolute atomic E-state index is 0.0404. The maximum atomic E-state index is 12.2. The Morgan fingerprint density at radius 1 is 1.47 bits per heavy atom. The largest absolute Gasteiger partial charge is 0.355 e. The van der Waals surface area contributed by atoms with Crippen LogP contribution in [0.2, 0.25) is 0 Å². The van der Waals surface area contributed by atoms with Crippen LogP contribution in [-0.4, -0.2) is 48.9 Å². The minimum atomic E-state index is -0.330. The van der Waals surface area contributed by atoms with Gasteiger partial charge in [-0.25, -0.2) is 0 Å². The van der Waals surface area contributed by atoms with Gasteiger partial charge < -0.3 is 15.5 Å². The monoisotopic (exact) mass is 239 g/mol. The van der Waals surface area contributed by atoms with Crippen molar-refractivity contribution in [1.29, 1.82) is 0 Å². The average molecular weight is 239 g/mol. The fourth-order valence-electron chi connectivity index (χ4n) is 2.37. The van der Waals surface area contributed by atoms with Crippen molar-refractivity contribution < 1.29 is 9.59 Å². The highest BCUT2D eigenvalue weighted by molar-refractivity contribution is 5.90. The Bertz CT molecular complexity index is 319. The molecule has 2 amide bonds. The van der Waals surface area contributed by atoms with Gasteiger partial charge in [0.1, 0.15) is 6.04 Å². The first-order valence-corrected chi connectivity index (χ1v) is 6.44. The highest BCUT2D eigenvalue weighted by Gasteiger charge is 2.44. The van der Waals surface area contributed by atoms with E-state index in [1.165, 1.54) is 0 Å². The Kier molecular flexibility index (Phi) is 3.66. The van der Waals surface area contributed by atoms with Crippen LogP contribution in [0.1, 0.15) is 20.3 Å². The molecule has 0 bridgehead atoms. The van der Waals surface area contributed by atoms with Gasteiger partial charge in [0.05, 0.1) is 0 Å². The Morgan fingerprint density at radius 2 is 2.18 bits per heavy atom. The van der Waals surface area contributed by atoms with Gasteiger partial charge in [-0.1, -0.05) is 6.92 Å². The zero-order valence-corrected chi connectivity index (χ0v) is 10.5. The number of nitrogens with one attached hydrogen (secondary N) is 2. The van der Waals surface area contributed by atoms with Gasteiger partial charge in [-0.2, -0.15) is 0 Å². The van der Waals surface area contributed by atoms with E-state index in [1.54, 1.807) is 4.90 Å². The molecule has 1 heterocycles. The summed E-state index contributed by atoms with van der Waals surface area (Å²) in [7, 11) is 0. The Labute approximate surface area is 102 Å². The third kappa shape index (κ3) is 2.60. The molecule has 2 rings (SSSR count). The standard InChI is InChI=1S/C12H21N3O2/c1-3-14-11(16)10-7-13-4-5-15(10)12(17)9-6-8(9)2/h8-10,13H,3-7H2,1-2H3,(H,14,16). The SMILES string of the molecule is CCNC(=O)C1CNCCN1C(=O)C1CC1C. The smallest absolute Gasteiger partial charge is 0.244 e. The molecular weight excluding hydrogens is 218 g/mol. The van der Waals surface area contributed by atoms with Crippen LogP contribution in [0.25, 0.3) is 0 Å². The fraction of sp³-hybridized carbons (Fsp3) is 0.833. The lowest BCUT2D eigenvalue weighted by Crippen LogP contribution is -2.60. The van der Waals surface area contributed by atoms with Crippen molar-refractivity contribution >= 4 is 11.8 Å². The van der Waals surface area contributed by atoms with Crippen LogP contribution in [0.3, 0.4) is 0 Å². The second-order valence-electron chi connectivity index (χ2n) is 4.97. The Hall–Kier alpha value is -1.10. The summed E-state index contributed by atoms with van der Waals surface area (Å²) in [6.45, 7) is 6.58. The number of rotatable bonds is 3. The highest BCUT2D eigenvalue weighted by Crippen LogP contribution is 2.39. The Morgan fingerprint density at radius 3 is 2.76 bits per heavy atom. The maximum Gasteiger partial charge on any atom is 0.244 e. The Balaban J connectivity index is 2.01. The number of piperazine rings is 1. The van der Waals surface area contributed by atoms with E-state index in [4.69, 9.17) is 0 Å². The highest BCUT2D eigenvalue weighted by atomic mass is 16.2. The molecule has 2 fully saturated rings. The van der Waals surface area contributed by atoms with Crippen LogP contribution in [0.4, 0.5) is 0 Å². The van der Waals surface area contributed by atoms with Crippen LogP contribution < -0.4 is 10.6 Å². The first-order valence-electron chi connectivity index (χ1n) is 6.44. The summed E-state index contributed by atoms with van der Waals surface area (Å²) in [6, 6.07) is -0.330. The molecule has 0 aromatic carbocycles. The quantitative estimate of drug-likeness (QED) is 0.703. The molecule has 17 heavy (non-hydrogen) atoms. The van der Waals surface area contributed by atoms with Crippen molar-refractivity contribution in [3.05, 3.63) is 0 Å². The molecular formula is C12H21N3O2. The van der Waals surface area contributed by atoms with E-state index in [1.807, 2.05) is 6.92 Å². The summed E-state index contributed by atoms with van der Waals surface area (Å²) in [6.07, 6.45) is 0.977. The third-order valence-electron chi connectivity index (χ3n) is 3.61. The molecule has 96 valence electrons. The van der Waals surface area contributed by atoms with Crippen LogP contribution >= 0.6 is 0 Å². The number of carbonyl (C=O) groups is 2. The molecule has 2 aliphatic rings.